The van der Waals surface area contributed by atoms with Crippen molar-refractivity contribution in [2.24, 2.45) is 5.92 Å². The van der Waals surface area contributed by atoms with E-state index in [1.54, 1.807) is 0 Å². The van der Waals surface area contributed by atoms with Gasteiger partial charge in [0.1, 0.15) is 0 Å². The highest BCUT2D eigenvalue weighted by Gasteiger charge is 2.36. The molecular formula is C12H15NO6S2. The number of benzene rings is 1. The molecule has 0 bridgehead atoms. The predicted molar refractivity (Wildman–Crippen MR) is 74.0 cm³/mol. The summed E-state index contributed by atoms with van der Waals surface area (Å²) in [5.74, 6) is -1.44. The Labute approximate surface area is 123 Å². The van der Waals surface area contributed by atoms with Crippen LogP contribution in [0.3, 0.4) is 0 Å². The molecule has 21 heavy (non-hydrogen) atoms. The Bertz CT molecular complexity index is 745. The van der Waals surface area contributed by atoms with E-state index in [-0.39, 0.29) is 22.6 Å². The average molecular weight is 333 g/mol. The van der Waals surface area contributed by atoms with E-state index in [1.807, 2.05) is 0 Å². The van der Waals surface area contributed by atoms with Gasteiger partial charge >= 0.3 is 5.97 Å². The van der Waals surface area contributed by atoms with E-state index in [0.29, 0.717) is 0 Å². The van der Waals surface area contributed by atoms with Gasteiger partial charge in [-0.05, 0) is 37.1 Å². The number of nitrogens with one attached hydrogen (secondary N) is 1. The molecule has 2 rings (SSSR count). The normalized spacial score (nSPS) is 22.5. The van der Waals surface area contributed by atoms with Crippen LogP contribution in [-0.2, 0) is 24.7 Å². The van der Waals surface area contributed by atoms with E-state index in [4.69, 9.17) is 5.11 Å². The first-order valence-electron chi connectivity index (χ1n) is 6.15. The third-order valence-corrected chi connectivity index (χ3v) is 6.04. The fraction of sp³-hybridized carbons (Fsp3) is 0.417. The summed E-state index contributed by atoms with van der Waals surface area (Å²) in [6, 6.07) is 4.48. The molecule has 1 aliphatic rings. The van der Waals surface area contributed by atoms with Gasteiger partial charge in [0.05, 0.1) is 15.7 Å². The summed E-state index contributed by atoms with van der Waals surface area (Å²) >= 11 is 0. The van der Waals surface area contributed by atoms with Gasteiger partial charge in [-0.25, -0.2) is 21.6 Å². The van der Waals surface area contributed by atoms with Gasteiger partial charge in [-0.2, -0.15) is 0 Å². The summed E-state index contributed by atoms with van der Waals surface area (Å²) in [6.07, 6.45) is 1.56. The minimum absolute atomic E-state index is 0.0380. The summed E-state index contributed by atoms with van der Waals surface area (Å²) < 4.78 is 49.2. The number of carboxylic acid groups (broad SMARTS) is 1. The standard InChI is InChI=1S/C12H15NO6S2/c1-20(16,17)10-2-4-11(5-3-10)21(18,19)13-9-6-8(7-9)12(14)15/h2-5,8-9,13H,6-7H2,1H3,(H,14,15). The monoisotopic (exact) mass is 333 g/mol. The van der Waals surface area contributed by atoms with Crippen LogP contribution in [0.2, 0.25) is 0 Å². The number of carboxylic acids is 1. The number of carbonyl (C=O) groups is 1. The minimum Gasteiger partial charge on any atom is -0.481 e. The van der Waals surface area contributed by atoms with Crippen molar-refractivity contribution in [2.75, 3.05) is 6.26 Å². The molecule has 0 heterocycles. The van der Waals surface area contributed by atoms with Crippen LogP contribution in [0.1, 0.15) is 12.8 Å². The van der Waals surface area contributed by atoms with Crippen molar-refractivity contribution in [3.05, 3.63) is 24.3 Å². The Morgan fingerprint density at radius 2 is 1.57 bits per heavy atom. The number of aliphatic carboxylic acids is 1. The van der Waals surface area contributed by atoms with E-state index in [2.05, 4.69) is 4.72 Å². The lowest BCUT2D eigenvalue weighted by Gasteiger charge is -2.32. The molecule has 0 amide bonds. The highest BCUT2D eigenvalue weighted by Crippen LogP contribution is 2.28. The molecule has 0 spiro atoms. The van der Waals surface area contributed by atoms with Crippen LogP contribution < -0.4 is 4.72 Å². The Morgan fingerprint density at radius 1 is 1.10 bits per heavy atom. The van der Waals surface area contributed by atoms with Gasteiger partial charge in [0, 0.05) is 12.3 Å². The number of hydrogen-bond donors (Lipinski definition) is 2. The fourth-order valence-electron chi connectivity index (χ4n) is 2.07. The minimum atomic E-state index is -3.77. The van der Waals surface area contributed by atoms with E-state index in [1.165, 1.54) is 24.3 Å². The molecule has 0 aromatic heterocycles. The molecule has 2 N–H and O–H groups in total. The second-order valence-electron chi connectivity index (χ2n) is 5.07. The molecule has 0 atom stereocenters. The fourth-order valence-corrected chi connectivity index (χ4v) is 3.96. The molecule has 1 saturated carbocycles. The molecule has 0 saturated heterocycles. The number of sulfonamides is 1. The van der Waals surface area contributed by atoms with Crippen molar-refractivity contribution in [3.8, 4) is 0 Å². The molecule has 0 radical (unpaired) electrons. The Morgan fingerprint density at radius 3 is 2.00 bits per heavy atom. The van der Waals surface area contributed by atoms with Gasteiger partial charge < -0.3 is 5.11 Å². The summed E-state index contributed by atoms with van der Waals surface area (Å²) in [5, 5.41) is 8.74. The van der Waals surface area contributed by atoms with Crippen LogP contribution in [0.4, 0.5) is 0 Å². The third-order valence-electron chi connectivity index (χ3n) is 3.37. The van der Waals surface area contributed by atoms with Crippen molar-refractivity contribution in [1.29, 1.82) is 0 Å². The van der Waals surface area contributed by atoms with Crippen molar-refractivity contribution in [1.82, 2.24) is 4.72 Å². The van der Waals surface area contributed by atoms with Gasteiger partial charge in [0.25, 0.3) is 0 Å². The SMILES string of the molecule is CS(=O)(=O)c1ccc(S(=O)(=O)NC2CC(C(=O)O)C2)cc1. The van der Waals surface area contributed by atoms with Crippen LogP contribution in [0.5, 0.6) is 0 Å². The van der Waals surface area contributed by atoms with Crippen LogP contribution in [-0.4, -0.2) is 40.2 Å². The lowest BCUT2D eigenvalue weighted by Crippen LogP contribution is -2.46. The van der Waals surface area contributed by atoms with Crippen molar-refractivity contribution in [3.63, 3.8) is 0 Å². The highest BCUT2D eigenvalue weighted by atomic mass is 32.2. The number of rotatable bonds is 5. The van der Waals surface area contributed by atoms with Crippen LogP contribution in [0.15, 0.2) is 34.1 Å². The molecule has 116 valence electrons. The van der Waals surface area contributed by atoms with Gasteiger partial charge in [-0.3, -0.25) is 4.79 Å². The lowest BCUT2D eigenvalue weighted by molar-refractivity contribution is -0.145. The smallest absolute Gasteiger partial charge is 0.306 e. The predicted octanol–water partition coefficient (Wildman–Crippen LogP) is 0.232. The van der Waals surface area contributed by atoms with E-state index in [9.17, 15) is 21.6 Å². The zero-order valence-corrected chi connectivity index (χ0v) is 12.8. The molecule has 9 heteroatoms. The Kier molecular flexibility index (Phi) is 4.09. The van der Waals surface area contributed by atoms with Crippen molar-refractivity contribution in [2.45, 2.75) is 28.7 Å². The molecular weight excluding hydrogens is 318 g/mol. The van der Waals surface area contributed by atoms with E-state index >= 15 is 0 Å². The number of sulfone groups is 1. The molecule has 0 aliphatic heterocycles. The maximum Gasteiger partial charge on any atom is 0.306 e. The average Bonchev–Trinajstić information content (AvgIpc) is 2.32. The van der Waals surface area contributed by atoms with Gasteiger partial charge in [0.15, 0.2) is 9.84 Å². The maximum atomic E-state index is 12.1. The quantitative estimate of drug-likeness (QED) is 0.796. The van der Waals surface area contributed by atoms with E-state index in [0.717, 1.165) is 6.26 Å². The summed E-state index contributed by atoms with van der Waals surface area (Å²) in [4.78, 5) is 10.7. The van der Waals surface area contributed by atoms with Gasteiger partial charge in [-0.1, -0.05) is 0 Å². The largest absolute Gasteiger partial charge is 0.481 e. The molecule has 1 aromatic carbocycles. The Balaban J connectivity index is 2.09. The highest BCUT2D eigenvalue weighted by molar-refractivity contribution is 7.90. The second-order valence-corrected chi connectivity index (χ2v) is 8.80. The zero-order chi connectivity index (χ0) is 15.8. The van der Waals surface area contributed by atoms with Crippen molar-refractivity contribution >= 4 is 25.8 Å². The van der Waals surface area contributed by atoms with Crippen molar-refractivity contribution < 1.29 is 26.7 Å². The van der Waals surface area contributed by atoms with E-state index < -0.39 is 37.8 Å². The van der Waals surface area contributed by atoms with Crippen LogP contribution in [0.25, 0.3) is 0 Å². The molecule has 7 nitrogen and oxygen atoms in total. The first-order chi connectivity index (χ1) is 9.59. The first-order valence-corrected chi connectivity index (χ1v) is 9.52. The van der Waals surface area contributed by atoms with Gasteiger partial charge in [0.2, 0.25) is 10.0 Å². The van der Waals surface area contributed by atoms with Gasteiger partial charge in [-0.15, -0.1) is 0 Å². The summed E-state index contributed by atoms with van der Waals surface area (Å²) in [7, 11) is -7.15. The summed E-state index contributed by atoms with van der Waals surface area (Å²) in [6.45, 7) is 0. The number of hydrogen-bond acceptors (Lipinski definition) is 5. The Hall–Kier alpha value is -1.45. The summed E-state index contributed by atoms with van der Waals surface area (Å²) in [5.41, 5.74) is 0. The molecule has 1 aliphatic carbocycles. The molecule has 1 aromatic rings. The molecule has 1 fully saturated rings. The zero-order valence-electron chi connectivity index (χ0n) is 11.2. The maximum absolute atomic E-state index is 12.1. The van der Waals surface area contributed by atoms with Crippen LogP contribution in [0, 0.1) is 5.92 Å². The van der Waals surface area contributed by atoms with Crippen LogP contribution >= 0.6 is 0 Å². The first kappa shape index (κ1) is 15.9. The topological polar surface area (TPSA) is 118 Å². The lowest BCUT2D eigenvalue weighted by atomic mass is 9.81. The molecule has 0 unspecified atom stereocenters. The second kappa shape index (κ2) is 5.39. The third kappa shape index (κ3) is 3.60.